The predicted octanol–water partition coefficient (Wildman–Crippen LogP) is 1.79. The van der Waals surface area contributed by atoms with Crippen molar-refractivity contribution in [3.63, 3.8) is 0 Å². The van der Waals surface area contributed by atoms with Gasteiger partial charge >= 0.3 is 0 Å². The van der Waals surface area contributed by atoms with E-state index in [0.29, 0.717) is 17.9 Å². The number of imidazole rings is 1. The summed E-state index contributed by atoms with van der Waals surface area (Å²) < 4.78 is 12.9. The molecule has 2 rings (SSSR count). The number of rotatable bonds is 4. The van der Waals surface area contributed by atoms with Gasteiger partial charge in [0.1, 0.15) is 5.82 Å². The summed E-state index contributed by atoms with van der Waals surface area (Å²) in [7, 11) is 0. The van der Waals surface area contributed by atoms with Gasteiger partial charge in [-0.25, -0.2) is 9.37 Å². The van der Waals surface area contributed by atoms with Gasteiger partial charge in [-0.15, -0.1) is 0 Å². The van der Waals surface area contributed by atoms with E-state index in [1.54, 1.807) is 18.6 Å². The maximum atomic E-state index is 12.9. The number of benzene rings is 1. The second kappa shape index (κ2) is 4.65. The van der Waals surface area contributed by atoms with Gasteiger partial charge in [0.25, 0.3) is 0 Å². The van der Waals surface area contributed by atoms with Crippen molar-refractivity contribution in [2.24, 2.45) is 0 Å². The van der Waals surface area contributed by atoms with Crippen LogP contribution >= 0.6 is 0 Å². The minimum absolute atomic E-state index is 0.293. The number of nitrogens with two attached hydrogens (primary N) is 1. The first-order chi connectivity index (χ1) is 7.75. The Morgan fingerprint density at radius 1 is 1.44 bits per heavy atom. The first kappa shape index (κ1) is 10.5. The number of hydrogen-bond acceptors (Lipinski definition) is 3. The van der Waals surface area contributed by atoms with E-state index in [1.807, 2.05) is 0 Å². The number of halogens is 1. The molecule has 0 saturated carbocycles. The number of H-pyrrole nitrogens is 1. The van der Waals surface area contributed by atoms with E-state index in [0.717, 1.165) is 12.1 Å². The van der Waals surface area contributed by atoms with Crippen molar-refractivity contribution in [2.75, 3.05) is 17.6 Å². The van der Waals surface area contributed by atoms with Gasteiger partial charge in [-0.05, 0) is 18.2 Å². The average Bonchev–Trinajstić information content (AvgIpc) is 2.76. The number of nitrogen functional groups attached to an aromatic ring is 1. The molecule has 0 radical (unpaired) electrons. The summed E-state index contributed by atoms with van der Waals surface area (Å²) in [6, 6.07) is 4.28. The number of nitrogens with zero attached hydrogens (tertiary/aromatic N) is 1. The van der Waals surface area contributed by atoms with Crippen LogP contribution in [-0.2, 0) is 6.42 Å². The van der Waals surface area contributed by atoms with Crippen LogP contribution in [0.15, 0.2) is 30.7 Å². The molecule has 1 heterocycles. The van der Waals surface area contributed by atoms with Crippen LogP contribution in [0.3, 0.4) is 0 Å². The van der Waals surface area contributed by atoms with Gasteiger partial charge in [-0.3, -0.25) is 0 Å². The van der Waals surface area contributed by atoms with Crippen molar-refractivity contribution in [1.29, 1.82) is 0 Å². The first-order valence-electron chi connectivity index (χ1n) is 5.02. The molecule has 0 aliphatic carbocycles. The summed E-state index contributed by atoms with van der Waals surface area (Å²) in [6.45, 7) is 0.676. The fourth-order valence-electron chi connectivity index (χ4n) is 1.43. The molecule has 16 heavy (non-hydrogen) atoms. The lowest BCUT2D eigenvalue weighted by molar-refractivity contribution is 0.628. The zero-order valence-corrected chi connectivity index (χ0v) is 8.70. The molecule has 4 N–H and O–H groups in total. The maximum absolute atomic E-state index is 12.9. The van der Waals surface area contributed by atoms with Crippen LogP contribution < -0.4 is 11.1 Å². The highest BCUT2D eigenvalue weighted by atomic mass is 19.1. The summed E-state index contributed by atoms with van der Waals surface area (Å²) in [5.41, 5.74) is 7.90. The Labute approximate surface area is 92.7 Å². The third-order valence-electron chi connectivity index (χ3n) is 2.28. The average molecular weight is 220 g/mol. The van der Waals surface area contributed by atoms with E-state index in [-0.39, 0.29) is 5.82 Å². The first-order valence-corrected chi connectivity index (χ1v) is 5.02. The van der Waals surface area contributed by atoms with Gasteiger partial charge in [0, 0.05) is 24.9 Å². The zero-order chi connectivity index (χ0) is 11.4. The third kappa shape index (κ3) is 2.50. The Morgan fingerprint density at radius 3 is 3.06 bits per heavy atom. The highest BCUT2D eigenvalue weighted by Gasteiger charge is 2.00. The second-order valence-electron chi connectivity index (χ2n) is 3.49. The lowest BCUT2D eigenvalue weighted by atomic mass is 10.2. The van der Waals surface area contributed by atoms with Crippen molar-refractivity contribution in [1.82, 2.24) is 9.97 Å². The molecule has 0 aliphatic rings. The van der Waals surface area contributed by atoms with Crippen LogP contribution in [0.1, 0.15) is 5.69 Å². The molecule has 4 nitrogen and oxygen atoms in total. The lowest BCUT2D eigenvalue weighted by Crippen LogP contribution is -2.07. The molecule has 5 heteroatoms. The van der Waals surface area contributed by atoms with Crippen LogP contribution in [0.25, 0.3) is 0 Å². The number of aromatic nitrogens is 2. The largest absolute Gasteiger partial charge is 0.397 e. The van der Waals surface area contributed by atoms with E-state index >= 15 is 0 Å². The fraction of sp³-hybridized carbons (Fsp3) is 0.182. The fourth-order valence-corrected chi connectivity index (χ4v) is 1.43. The summed E-state index contributed by atoms with van der Waals surface area (Å²) in [5, 5.41) is 3.08. The van der Waals surface area contributed by atoms with Crippen molar-refractivity contribution in [3.05, 3.63) is 42.2 Å². The van der Waals surface area contributed by atoms with Gasteiger partial charge in [0.15, 0.2) is 0 Å². The third-order valence-corrected chi connectivity index (χ3v) is 2.28. The molecule has 1 aromatic carbocycles. The summed E-state index contributed by atoms with van der Waals surface area (Å²) in [5.74, 6) is -0.293. The molecule has 0 amide bonds. The quantitative estimate of drug-likeness (QED) is 0.688. The molecule has 0 fully saturated rings. The van der Waals surface area contributed by atoms with Crippen LogP contribution in [0.4, 0.5) is 15.8 Å². The molecule has 0 unspecified atom stereocenters. The Morgan fingerprint density at radius 2 is 2.31 bits per heavy atom. The smallest absolute Gasteiger partial charge is 0.125 e. The number of aromatic amines is 1. The summed E-state index contributed by atoms with van der Waals surface area (Å²) in [4.78, 5) is 6.90. The Kier molecular flexibility index (Phi) is 3.05. The molecular formula is C11H13FN4. The van der Waals surface area contributed by atoms with Crippen molar-refractivity contribution in [2.45, 2.75) is 6.42 Å². The SMILES string of the molecule is Nc1ccc(F)cc1NCCc1cnc[nH]1. The Hall–Kier alpha value is -2.04. The topological polar surface area (TPSA) is 66.7 Å². The van der Waals surface area contributed by atoms with E-state index in [9.17, 15) is 4.39 Å². The molecule has 0 atom stereocenters. The van der Waals surface area contributed by atoms with E-state index in [1.165, 1.54) is 12.1 Å². The minimum Gasteiger partial charge on any atom is -0.397 e. The van der Waals surface area contributed by atoms with E-state index in [4.69, 9.17) is 5.73 Å². The Bertz CT molecular complexity index is 453. The highest BCUT2D eigenvalue weighted by molar-refractivity contribution is 5.65. The maximum Gasteiger partial charge on any atom is 0.125 e. The normalized spacial score (nSPS) is 10.3. The molecule has 2 aromatic rings. The van der Waals surface area contributed by atoms with Crippen molar-refractivity contribution < 1.29 is 4.39 Å². The van der Waals surface area contributed by atoms with Crippen LogP contribution in [0.5, 0.6) is 0 Å². The van der Waals surface area contributed by atoms with Gasteiger partial charge < -0.3 is 16.0 Å². The second-order valence-corrected chi connectivity index (χ2v) is 3.49. The monoisotopic (exact) mass is 220 g/mol. The molecule has 0 bridgehead atoms. The predicted molar refractivity (Wildman–Crippen MR) is 61.6 cm³/mol. The summed E-state index contributed by atoms with van der Waals surface area (Å²) >= 11 is 0. The van der Waals surface area contributed by atoms with Gasteiger partial charge in [0.2, 0.25) is 0 Å². The van der Waals surface area contributed by atoms with Gasteiger partial charge in [-0.2, -0.15) is 0 Å². The van der Waals surface area contributed by atoms with Crippen LogP contribution in [-0.4, -0.2) is 16.5 Å². The molecule has 84 valence electrons. The van der Waals surface area contributed by atoms with Gasteiger partial charge in [0.05, 0.1) is 17.7 Å². The summed E-state index contributed by atoms with van der Waals surface area (Å²) in [6.07, 6.45) is 4.18. The molecule has 0 saturated heterocycles. The molecule has 0 spiro atoms. The molecule has 1 aromatic heterocycles. The standard InChI is InChI=1S/C11H13FN4/c12-8-1-2-10(13)11(5-8)15-4-3-9-6-14-7-16-9/h1-2,5-7,15H,3-4,13H2,(H,14,16). The number of nitrogens with one attached hydrogen (secondary N) is 2. The van der Waals surface area contributed by atoms with Crippen molar-refractivity contribution >= 4 is 11.4 Å². The van der Waals surface area contributed by atoms with E-state index < -0.39 is 0 Å². The Balaban J connectivity index is 1.92. The van der Waals surface area contributed by atoms with Crippen LogP contribution in [0, 0.1) is 5.82 Å². The lowest BCUT2D eigenvalue weighted by Gasteiger charge is -2.08. The van der Waals surface area contributed by atoms with Gasteiger partial charge in [-0.1, -0.05) is 0 Å². The number of anilines is 2. The zero-order valence-electron chi connectivity index (χ0n) is 8.70. The number of hydrogen-bond donors (Lipinski definition) is 3. The van der Waals surface area contributed by atoms with Crippen molar-refractivity contribution in [3.8, 4) is 0 Å². The molecule has 0 aliphatic heterocycles. The highest BCUT2D eigenvalue weighted by Crippen LogP contribution is 2.18. The minimum atomic E-state index is -0.293. The molecular weight excluding hydrogens is 207 g/mol. The van der Waals surface area contributed by atoms with E-state index in [2.05, 4.69) is 15.3 Å². The van der Waals surface area contributed by atoms with Crippen LogP contribution in [0.2, 0.25) is 0 Å².